The summed E-state index contributed by atoms with van der Waals surface area (Å²) in [5.41, 5.74) is 6.60. The second kappa shape index (κ2) is 22.8. The number of unbranched alkanes of at least 4 members (excludes halogenated alkanes) is 1. The van der Waals surface area contributed by atoms with Crippen LogP contribution in [0.5, 0.6) is 0 Å². The summed E-state index contributed by atoms with van der Waals surface area (Å²) in [4.78, 5) is 83.4. The third-order valence-electron chi connectivity index (χ3n) is 9.17. The minimum Gasteiger partial charge on any atom is -0.394 e. The fourth-order valence-electron chi connectivity index (χ4n) is 6.55. The Hall–Kier alpha value is -4.58. The number of nitrogens with one attached hydrogen (secondary N) is 8. The molecule has 0 aliphatic carbocycles. The number of aromatic amines is 1. The zero-order valence-electron chi connectivity index (χ0n) is 34.1. The van der Waals surface area contributed by atoms with Gasteiger partial charge >= 0.3 is 0 Å². The molecular formula is C39H65N9O8. The van der Waals surface area contributed by atoms with Crippen molar-refractivity contribution in [3.63, 3.8) is 0 Å². The smallest absolute Gasteiger partial charge is 0.245 e. The molecule has 56 heavy (non-hydrogen) atoms. The molecule has 2 rings (SSSR count). The number of rotatable bonds is 24. The average molecular weight is 788 g/mol. The van der Waals surface area contributed by atoms with Gasteiger partial charge in [0.2, 0.25) is 35.4 Å². The molecule has 2 aromatic rings. The number of carbonyl (C=O) groups is 6. The lowest BCUT2D eigenvalue weighted by atomic mass is 9.92. The van der Waals surface area contributed by atoms with Crippen LogP contribution in [0.15, 0.2) is 30.5 Å². The molecule has 1 heterocycles. The Labute approximate surface area is 329 Å². The number of amides is 6. The molecule has 1 aromatic carbocycles. The number of aliphatic hydroxyl groups is 2. The monoisotopic (exact) mass is 787 g/mol. The Morgan fingerprint density at radius 3 is 1.98 bits per heavy atom. The number of fused-ring (bicyclic) bond motifs is 1. The molecule has 6 atom stereocenters. The summed E-state index contributed by atoms with van der Waals surface area (Å²) in [6.07, 6.45) is 2.47. The molecule has 0 aliphatic heterocycles. The van der Waals surface area contributed by atoms with Gasteiger partial charge in [-0.1, -0.05) is 45.9 Å². The topological polar surface area (TPSA) is 269 Å². The minimum atomic E-state index is -1.54. The lowest BCUT2D eigenvalue weighted by molar-refractivity contribution is -0.137. The van der Waals surface area contributed by atoms with E-state index >= 15 is 0 Å². The lowest BCUT2D eigenvalue weighted by Gasteiger charge is -2.32. The van der Waals surface area contributed by atoms with E-state index in [1.54, 1.807) is 27.1 Å². The van der Waals surface area contributed by atoms with Gasteiger partial charge in [0.25, 0.3) is 0 Å². The summed E-state index contributed by atoms with van der Waals surface area (Å²) in [7, 11) is 1.57. The van der Waals surface area contributed by atoms with Crippen molar-refractivity contribution in [3.05, 3.63) is 36.0 Å². The van der Waals surface area contributed by atoms with Gasteiger partial charge in [0.1, 0.15) is 30.2 Å². The number of benzene rings is 1. The molecule has 1 aromatic heterocycles. The zero-order valence-corrected chi connectivity index (χ0v) is 34.1. The van der Waals surface area contributed by atoms with Crippen molar-refractivity contribution in [3.8, 4) is 0 Å². The minimum absolute atomic E-state index is 0.0460. The van der Waals surface area contributed by atoms with Crippen LogP contribution in [0, 0.1) is 11.8 Å². The van der Waals surface area contributed by atoms with E-state index in [9.17, 15) is 39.0 Å². The van der Waals surface area contributed by atoms with Crippen LogP contribution >= 0.6 is 0 Å². The molecule has 314 valence electrons. The van der Waals surface area contributed by atoms with Gasteiger partial charge in [-0.2, -0.15) is 0 Å². The second-order valence-electron chi connectivity index (χ2n) is 15.7. The van der Waals surface area contributed by atoms with Crippen LogP contribution < -0.4 is 43.0 Å². The summed E-state index contributed by atoms with van der Waals surface area (Å²) < 4.78 is 0. The fourth-order valence-corrected chi connectivity index (χ4v) is 6.55. The maximum absolute atomic E-state index is 13.9. The van der Waals surface area contributed by atoms with Gasteiger partial charge in [-0.15, -0.1) is 0 Å². The molecule has 0 aliphatic rings. The third-order valence-corrected chi connectivity index (χ3v) is 9.17. The number of hydrogen-bond donors (Lipinski definition) is 11. The van der Waals surface area contributed by atoms with Crippen molar-refractivity contribution in [1.82, 2.24) is 42.2 Å². The Bertz CT molecular complexity index is 1610. The quantitative estimate of drug-likeness (QED) is 0.0605. The van der Waals surface area contributed by atoms with E-state index < -0.39 is 89.8 Å². The highest BCUT2D eigenvalue weighted by Gasteiger charge is 2.36. The summed E-state index contributed by atoms with van der Waals surface area (Å²) in [6.45, 7) is 12.0. The van der Waals surface area contributed by atoms with E-state index in [1.165, 1.54) is 6.92 Å². The Balaban J connectivity index is 2.27. The van der Waals surface area contributed by atoms with Crippen LogP contribution in [0.1, 0.15) is 79.7 Å². The number of hydrogen-bond acceptors (Lipinski definition) is 10. The Morgan fingerprint density at radius 2 is 1.39 bits per heavy atom. The zero-order chi connectivity index (χ0) is 42.2. The molecular weight excluding hydrogens is 722 g/mol. The number of aliphatic hydroxyl groups excluding tert-OH is 2. The predicted molar refractivity (Wildman–Crippen MR) is 214 cm³/mol. The van der Waals surface area contributed by atoms with Crippen LogP contribution in [-0.2, 0) is 35.2 Å². The largest absolute Gasteiger partial charge is 0.394 e. The van der Waals surface area contributed by atoms with Gasteiger partial charge in [0.05, 0.1) is 19.3 Å². The van der Waals surface area contributed by atoms with E-state index in [0.717, 1.165) is 16.5 Å². The molecule has 0 saturated heterocycles. The van der Waals surface area contributed by atoms with Gasteiger partial charge in [-0.25, -0.2) is 0 Å². The lowest BCUT2D eigenvalue weighted by Crippen LogP contribution is -2.63. The van der Waals surface area contributed by atoms with Crippen LogP contribution in [-0.4, -0.2) is 119 Å². The normalized spacial score (nSPS) is 14.9. The van der Waals surface area contributed by atoms with Gasteiger partial charge in [-0.05, 0) is 83.5 Å². The Kier molecular flexibility index (Phi) is 19.4. The first-order valence-electron chi connectivity index (χ1n) is 19.3. The van der Waals surface area contributed by atoms with Gasteiger partial charge < -0.3 is 58.1 Å². The predicted octanol–water partition coefficient (Wildman–Crippen LogP) is -0.547. The maximum atomic E-state index is 13.9. The highest BCUT2D eigenvalue weighted by Crippen LogP contribution is 2.21. The first-order valence-corrected chi connectivity index (χ1v) is 19.3. The van der Waals surface area contributed by atoms with Crippen molar-refractivity contribution < 1.29 is 39.0 Å². The number of H-pyrrole nitrogens is 1. The van der Waals surface area contributed by atoms with Crippen LogP contribution in [0.25, 0.3) is 10.9 Å². The van der Waals surface area contributed by atoms with E-state index in [1.807, 2.05) is 52.0 Å². The molecule has 12 N–H and O–H groups in total. The van der Waals surface area contributed by atoms with Gasteiger partial charge in [-0.3, -0.25) is 28.8 Å². The van der Waals surface area contributed by atoms with E-state index in [-0.39, 0.29) is 25.3 Å². The summed E-state index contributed by atoms with van der Waals surface area (Å²) in [5.74, 6) is -4.43. The highest BCUT2D eigenvalue weighted by molar-refractivity contribution is 5.97. The van der Waals surface area contributed by atoms with E-state index in [0.29, 0.717) is 25.8 Å². The molecule has 6 amide bonds. The number of nitrogens with two attached hydrogens (primary N) is 1. The molecule has 1 unspecified atom stereocenters. The highest BCUT2D eigenvalue weighted by atomic mass is 16.3. The van der Waals surface area contributed by atoms with E-state index in [4.69, 9.17) is 5.73 Å². The molecule has 0 radical (unpaired) electrons. The first-order chi connectivity index (χ1) is 26.3. The molecule has 0 fully saturated rings. The first kappa shape index (κ1) is 47.6. The standard InChI is InChI=1S/C39H65N9O8/c1-22(2)18-39(6,7)48-36(54)29(17-25-19-42-27-14-10-9-13-26(25)27)44-38(56)33(24(5)50)47-37(55)32(23(3)4)46-35(53)30(21-49)45-34(52)28(15-11-12-16-40)43-31(51)20-41-8/h9-10,13-14,19,22-24,28-30,32-33,41-42,49-50H,11-12,15-18,20-21,40H2,1-8H3,(H,43,51)(H,44,56)(H,45,52)(H,46,53)(H,47,55)(H,48,54)/t24-,28+,29+,30+,32?,33+/m1/s1. The average Bonchev–Trinajstić information content (AvgIpc) is 3.52. The van der Waals surface area contributed by atoms with Crippen LogP contribution in [0.2, 0.25) is 0 Å². The van der Waals surface area contributed by atoms with Crippen LogP contribution in [0.4, 0.5) is 0 Å². The van der Waals surface area contributed by atoms with Gasteiger partial charge in [0.15, 0.2) is 0 Å². The number of para-hydroxylation sites is 1. The van der Waals surface area contributed by atoms with Crippen molar-refractivity contribution in [2.45, 2.75) is 122 Å². The maximum Gasteiger partial charge on any atom is 0.245 e. The molecule has 17 nitrogen and oxygen atoms in total. The van der Waals surface area contributed by atoms with Crippen molar-refractivity contribution in [1.29, 1.82) is 0 Å². The van der Waals surface area contributed by atoms with Crippen LogP contribution in [0.3, 0.4) is 0 Å². The van der Waals surface area contributed by atoms with Crippen molar-refractivity contribution >= 4 is 46.3 Å². The second-order valence-corrected chi connectivity index (χ2v) is 15.7. The number of aromatic nitrogens is 1. The Morgan fingerprint density at radius 1 is 0.786 bits per heavy atom. The molecule has 0 saturated carbocycles. The molecule has 17 heteroatoms. The number of likely N-dealkylation sites (N-methyl/N-ethyl adjacent to an activating group) is 1. The van der Waals surface area contributed by atoms with Crippen molar-refractivity contribution in [2.24, 2.45) is 17.6 Å². The van der Waals surface area contributed by atoms with Crippen molar-refractivity contribution in [2.75, 3.05) is 26.7 Å². The van der Waals surface area contributed by atoms with Gasteiger partial charge in [0, 0.05) is 29.1 Å². The molecule has 0 bridgehead atoms. The number of carbonyl (C=O) groups excluding carboxylic acids is 6. The summed E-state index contributed by atoms with van der Waals surface area (Å²) in [5, 5.41) is 40.3. The van der Waals surface area contributed by atoms with E-state index in [2.05, 4.69) is 42.2 Å². The molecule has 0 spiro atoms. The summed E-state index contributed by atoms with van der Waals surface area (Å²) >= 11 is 0. The SMILES string of the molecule is CNCC(=O)N[C@@H](CCCCN)C(=O)N[C@@H](CO)C(=O)NC(C(=O)N[C@H](C(=O)N[C@@H](Cc1c[nH]c2ccccc12)C(=O)NC(C)(C)CC(C)C)[C@@H](C)O)C(C)C. The summed E-state index contributed by atoms with van der Waals surface area (Å²) in [6, 6.07) is 1.13. The third kappa shape index (κ3) is 15.2. The fraction of sp³-hybridized carbons (Fsp3) is 0.641.